The third-order valence-corrected chi connectivity index (χ3v) is 4.12. The van der Waals surface area contributed by atoms with Crippen LogP contribution in [0, 0.1) is 0 Å². The second-order valence-corrected chi connectivity index (χ2v) is 5.58. The Morgan fingerprint density at radius 2 is 1.38 bits per heavy atom. The molecule has 2 aromatic carbocycles. The Balaban J connectivity index is 1.67. The molecule has 2 aromatic rings. The van der Waals surface area contributed by atoms with Crippen LogP contribution in [0.1, 0.15) is 18.6 Å². The summed E-state index contributed by atoms with van der Waals surface area (Å²) in [4.78, 5) is 4.82. The molecule has 3 rings (SSSR count). The normalized spacial score (nSPS) is 16.9. The van der Waals surface area contributed by atoms with E-state index in [9.17, 15) is 5.11 Å². The Morgan fingerprint density at radius 1 is 0.810 bits per heavy atom. The monoisotopic (exact) mass is 282 g/mol. The first kappa shape index (κ1) is 14.0. The van der Waals surface area contributed by atoms with E-state index in [1.807, 2.05) is 19.1 Å². The zero-order valence-corrected chi connectivity index (χ0v) is 12.4. The summed E-state index contributed by atoms with van der Waals surface area (Å²) >= 11 is 0. The van der Waals surface area contributed by atoms with Gasteiger partial charge in [-0.1, -0.05) is 30.3 Å². The lowest BCUT2D eigenvalue weighted by atomic mass is 10.1. The lowest BCUT2D eigenvalue weighted by molar-refractivity contribution is 0.199. The molecule has 0 amide bonds. The van der Waals surface area contributed by atoms with Crippen molar-refractivity contribution in [2.24, 2.45) is 0 Å². The first-order valence-corrected chi connectivity index (χ1v) is 7.57. The lowest BCUT2D eigenvalue weighted by Crippen LogP contribution is -2.46. The number of hydrogen-bond donors (Lipinski definition) is 1. The summed E-state index contributed by atoms with van der Waals surface area (Å²) in [6.45, 7) is 5.90. The fourth-order valence-corrected chi connectivity index (χ4v) is 2.84. The third kappa shape index (κ3) is 3.19. The Bertz CT molecular complexity index is 575. The minimum absolute atomic E-state index is 0.407. The van der Waals surface area contributed by atoms with Crippen molar-refractivity contribution in [2.75, 3.05) is 36.0 Å². The highest BCUT2D eigenvalue weighted by Crippen LogP contribution is 2.23. The molecule has 1 aliphatic rings. The number of hydrogen-bond acceptors (Lipinski definition) is 3. The van der Waals surface area contributed by atoms with Gasteiger partial charge in [0.05, 0.1) is 6.10 Å². The molecule has 1 aliphatic heterocycles. The predicted octanol–water partition coefficient (Wildman–Crippen LogP) is 3.07. The molecule has 0 saturated carbocycles. The molecule has 1 unspecified atom stereocenters. The van der Waals surface area contributed by atoms with Crippen LogP contribution in [0.4, 0.5) is 11.4 Å². The smallest absolute Gasteiger partial charge is 0.0762 e. The van der Waals surface area contributed by atoms with E-state index in [2.05, 4.69) is 52.3 Å². The van der Waals surface area contributed by atoms with Crippen LogP contribution in [0.3, 0.4) is 0 Å². The van der Waals surface area contributed by atoms with E-state index in [0.29, 0.717) is 0 Å². The zero-order chi connectivity index (χ0) is 14.7. The standard InChI is InChI=1S/C18H22N2O/c1-15(21)16-6-5-9-18(14-16)20-12-10-19(11-13-20)17-7-3-2-4-8-17/h2-9,14-15,21H,10-13H2,1H3. The molecule has 0 bridgehead atoms. The number of para-hydroxylation sites is 1. The zero-order valence-electron chi connectivity index (χ0n) is 12.4. The Hall–Kier alpha value is -2.00. The average Bonchev–Trinajstić information content (AvgIpc) is 2.56. The number of piperazine rings is 1. The van der Waals surface area contributed by atoms with Gasteiger partial charge < -0.3 is 14.9 Å². The molecular weight excluding hydrogens is 260 g/mol. The van der Waals surface area contributed by atoms with Crippen molar-refractivity contribution >= 4 is 11.4 Å². The minimum Gasteiger partial charge on any atom is -0.389 e. The highest BCUT2D eigenvalue weighted by molar-refractivity contribution is 5.52. The molecule has 0 radical (unpaired) electrons. The first-order chi connectivity index (χ1) is 10.2. The molecule has 1 saturated heterocycles. The number of rotatable bonds is 3. The molecule has 110 valence electrons. The largest absolute Gasteiger partial charge is 0.389 e. The summed E-state index contributed by atoms with van der Waals surface area (Å²) < 4.78 is 0. The maximum Gasteiger partial charge on any atom is 0.0762 e. The molecule has 0 spiro atoms. The summed E-state index contributed by atoms with van der Waals surface area (Å²) in [5.41, 5.74) is 3.49. The quantitative estimate of drug-likeness (QED) is 0.937. The molecular formula is C18H22N2O. The molecule has 1 fully saturated rings. The predicted molar refractivity (Wildman–Crippen MR) is 87.9 cm³/mol. The van der Waals surface area contributed by atoms with Crippen LogP contribution >= 0.6 is 0 Å². The maximum absolute atomic E-state index is 9.71. The number of nitrogens with zero attached hydrogens (tertiary/aromatic N) is 2. The SMILES string of the molecule is CC(O)c1cccc(N2CCN(c3ccccc3)CC2)c1. The van der Waals surface area contributed by atoms with Crippen molar-refractivity contribution in [1.82, 2.24) is 0 Å². The van der Waals surface area contributed by atoms with Crippen molar-refractivity contribution in [1.29, 1.82) is 0 Å². The van der Waals surface area contributed by atoms with Gasteiger partial charge >= 0.3 is 0 Å². The van der Waals surface area contributed by atoms with Gasteiger partial charge in [0.15, 0.2) is 0 Å². The van der Waals surface area contributed by atoms with Crippen LogP contribution in [0.2, 0.25) is 0 Å². The van der Waals surface area contributed by atoms with E-state index >= 15 is 0 Å². The second kappa shape index (κ2) is 6.19. The topological polar surface area (TPSA) is 26.7 Å². The van der Waals surface area contributed by atoms with Crippen molar-refractivity contribution in [3.8, 4) is 0 Å². The van der Waals surface area contributed by atoms with Gasteiger partial charge in [-0.25, -0.2) is 0 Å². The van der Waals surface area contributed by atoms with E-state index < -0.39 is 6.10 Å². The van der Waals surface area contributed by atoms with Crippen LogP contribution in [-0.2, 0) is 0 Å². The highest BCUT2D eigenvalue weighted by atomic mass is 16.3. The van der Waals surface area contributed by atoms with E-state index in [1.165, 1.54) is 11.4 Å². The third-order valence-electron chi connectivity index (χ3n) is 4.12. The Labute approximate surface area is 126 Å². The molecule has 3 nitrogen and oxygen atoms in total. The van der Waals surface area contributed by atoms with Crippen LogP contribution in [0.5, 0.6) is 0 Å². The van der Waals surface area contributed by atoms with Crippen LogP contribution in [0.25, 0.3) is 0 Å². The van der Waals surface area contributed by atoms with E-state index in [-0.39, 0.29) is 0 Å². The summed E-state index contributed by atoms with van der Waals surface area (Å²) in [6.07, 6.45) is -0.407. The Kier molecular flexibility index (Phi) is 4.11. The maximum atomic E-state index is 9.71. The fraction of sp³-hybridized carbons (Fsp3) is 0.333. The Morgan fingerprint density at radius 3 is 2.00 bits per heavy atom. The van der Waals surface area contributed by atoms with Crippen LogP contribution in [0.15, 0.2) is 54.6 Å². The van der Waals surface area contributed by atoms with Crippen LogP contribution in [-0.4, -0.2) is 31.3 Å². The summed E-state index contributed by atoms with van der Waals surface area (Å²) in [7, 11) is 0. The number of benzene rings is 2. The highest BCUT2D eigenvalue weighted by Gasteiger charge is 2.17. The van der Waals surface area contributed by atoms with Gasteiger partial charge in [-0.05, 0) is 36.8 Å². The average molecular weight is 282 g/mol. The summed E-state index contributed by atoms with van der Waals surface area (Å²) in [6, 6.07) is 18.8. The molecule has 1 atom stereocenters. The van der Waals surface area contributed by atoms with E-state index in [1.54, 1.807) is 0 Å². The molecule has 0 aromatic heterocycles. The van der Waals surface area contributed by atoms with Gasteiger partial charge in [-0.2, -0.15) is 0 Å². The summed E-state index contributed by atoms with van der Waals surface area (Å²) in [5.74, 6) is 0. The van der Waals surface area contributed by atoms with Gasteiger partial charge in [0.1, 0.15) is 0 Å². The van der Waals surface area contributed by atoms with Gasteiger partial charge in [0.25, 0.3) is 0 Å². The summed E-state index contributed by atoms with van der Waals surface area (Å²) in [5, 5.41) is 9.71. The van der Waals surface area contributed by atoms with Crippen molar-refractivity contribution in [3.05, 3.63) is 60.2 Å². The van der Waals surface area contributed by atoms with Crippen molar-refractivity contribution < 1.29 is 5.11 Å². The number of aliphatic hydroxyl groups is 1. The molecule has 3 heteroatoms. The van der Waals surface area contributed by atoms with Crippen LogP contribution < -0.4 is 9.80 Å². The molecule has 1 N–H and O–H groups in total. The lowest BCUT2D eigenvalue weighted by Gasteiger charge is -2.37. The molecule has 0 aliphatic carbocycles. The van der Waals surface area contributed by atoms with Crippen molar-refractivity contribution in [3.63, 3.8) is 0 Å². The molecule has 1 heterocycles. The van der Waals surface area contributed by atoms with E-state index in [4.69, 9.17) is 0 Å². The van der Waals surface area contributed by atoms with Crippen molar-refractivity contribution in [2.45, 2.75) is 13.0 Å². The second-order valence-electron chi connectivity index (χ2n) is 5.58. The fourth-order valence-electron chi connectivity index (χ4n) is 2.84. The van der Waals surface area contributed by atoms with Gasteiger partial charge in [-0.3, -0.25) is 0 Å². The number of aliphatic hydroxyl groups excluding tert-OH is 1. The first-order valence-electron chi connectivity index (χ1n) is 7.57. The molecule has 21 heavy (non-hydrogen) atoms. The van der Waals surface area contributed by atoms with E-state index in [0.717, 1.165) is 31.7 Å². The van der Waals surface area contributed by atoms with Gasteiger partial charge in [0.2, 0.25) is 0 Å². The van der Waals surface area contributed by atoms with Gasteiger partial charge in [0, 0.05) is 37.6 Å². The van der Waals surface area contributed by atoms with Gasteiger partial charge in [-0.15, -0.1) is 0 Å². The minimum atomic E-state index is -0.407. The number of anilines is 2.